The summed E-state index contributed by atoms with van der Waals surface area (Å²) in [6.45, 7) is -4.94. The fraction of sp³-hybridized carbons (Fsp3) is 0.444. The van der Waals surface area contributed by atoms with E-state index in [2.05, 4.69) is 19.9 Å². The molecule has 0 saturated carbocycles. The van der Waals surface area contributed by atoms with Gasteiger partial charge in [-0.3, -0.25) is 74.4 Å². The number of ether oxygens (including phenoxy) is 8. The molecule has 4 unspecified atom stereocenters. The molecule has 696 valence electrons. The van der Waals surface area contributed by atoms with Gasteiger partial charge in [0.25, 0.3) is 23.4 Å². The molecule has 8 aliphatic rings. The van der Waals surface area contributed by atoms with E-state index in [1.165, 1.54) is 67.5 Å². The van der Waals surface area contributed by atoms with Crippen LogP contribution in [0.25, 0.3) is 0 Å². The maximum Gasteiger partial charge on any atom is 0.530 e. The average molecular weight is 1970 g/mol. The molecule has 0 aliphatic carbocycles. The molecule has 12 N–H and O–H groups in total. The third kappa shape index (κ3) is 19.8. The Kier molecular flexibility index (Phi) is 26.4. The number of nitrogens with zero attached hydrogens (tertiary/aromatic N) is 4. The molecule has 20 atom stereocenters. The highest BCUT2D eigenvalue weighted by molar-refractivity contribution is 7.72. The standard InChI is InChI=1S/4C18H20FN2O9PS/c4*1-9-6-21(17(24)20-15(9)32)16-12(22)14(23)18(19,29-16)8-28-31(25)27-7-10-4-3-5-11(26-2)13(10)30-31/h4*3-6,12,14,16,22-23H,7-8H2,1-2H3,(H,20,24,32)/t4*12-,14+,16-,18-,31?/m1111/s1/i8D2,16D;16D;8D2;. The number of halogens is 4. The number of aliphatic hydroxyl groups excluding tert-OH is 8. The second kappa shape index (κ2) is 38.0. The van der Waals surface area contributed by atoms with Crippen molar-refractivity contribution in [2.45, 2.75) is 151 Å². The molecule has 0 amide bonds. The summed E-state index contributed by atoms with van der Waals surface area (Å²) in [5.74, 6) is -13.3. The Morgan fingerprint density at radius 3 is 0.953 bits per heavy atom. The Hall–Kier alpha value is -8.48. The summed E-state index contributed by atoms with van der Waals surface area (Å²) >= 11 is 19.7. The topological polar surface area (TPSA) is 566 Å². The SMILES string of the molecule is COc1cccc2c1OP(=O)(OC[C@@]1(F)O[C@@H](n3cc(C)c(=S)[nH]c3=O)[C@H](O)[C@@H]1O)OC2.[2H]C([2H])(OP1(=O)OCc2cccc(OC)c2O1)[C@@]1(F)O[C@@H](n2cc(C)c(=S)[nH]c2=O)[C@H](O)[C@@H]1O.[2H]C([2H])(OP1(=O)OCc2cccc(OC)c2O1)[C@@]1(F)O[C@@]([2H])(n2cc(C)c(=S)[nH]c2=O)[C@H](O)[C@@H]1O.[2H][C@@]1(n2cc(C)c(=S)[nH]c2=O)O[C@](F)(COP2(=O)OCc3cccc(OC)c3O2)[C@@H](O)[C@H]1O. The summed E-state index contributed by atoms with van der Waals surface area (Å²) in [7, 11) is -13.1. The van der Waals surface area contributed by atoms with E-state index in [9.17, 15) is 78.3 Å². The Morgan fingerprint density at radius 1 is 0.398 bits per heavy atom. The van der Waals surface area contributed by atoms with Gasteiger partial charge in [0.1, 0.15) is 93.7 Å². The minimum Gasteiger partial charge on any atom is -0.493 e. The number of nitrogens with one attached hydrogen (secondary N) is 4. The van der Waals surface area contributed by atoms with Crippen LogP contribution in [0.5, 0.6) is 46.0 Å². The van der Waals surface area contributed by atoms with Crippen LogP contribution in [0.3, 0.4) is 0 Å². The number of aliphatic hydroxyl groups is 8. The highest BCUT2D eigenvalue weighted by Crippen LogP contribution is 2.62. The number of benzene rings is 4. The third-order valence-corrected chi connectivity index (χ3v) is 26.2. The van der Waals surface area contributed by atoms with Gasteiger partial charge >= 0.3 is 54.0 Å². The first kappa shape index (κ1) is 88.8. The third-order valence-electron chi connectivity index (χ3n) is 19.5. The number of fused-ring (bicyclic) bond motifs is 4. The number of H-pyrrole nitrogens is 4. The van der Waals surface area contributed by atoms with Crippen LogP contribution in [0.1, 0.15) is 77.6 Å². The van der Waals surface area contributed by atoms with Crippen LogP contribution in [0.15, 0.2) is 117 Å². The lowest BCUT2D eigenvalue weighted by Crippen LogP contribution is -2.43. The number of phosphoric ester groups is 4. The van der Waals surface area contributed by atoms with Gasteiger partial charge in [-0.25, -0.2) is 55.0 Å². The second-order valence-corrected chi connectivity index (χ2v) is 36.1. The van der Waals surface area contributed by atoms with Crippen molar-refractivity contribution < 1.29 is 177 Å². The summed E-state index contributed by atoms with van der Waals surface area (Å²) < 4.78 is 268. The number of aromatic nitrogens is 8. The van der Waals surface area contributed by atoms with Gasteiger partial charge in [0, 0.05) is 69.3 Å². The summed E-state index contributed by atoms with van der Waals surface area (Å²) in [6, 6.07) is 19.0. The lowest BCUT2D eigenvalue weighted by Gasteiger charge is -2.28. The fourth-order valence-electron chi connectivity index (χ4n) is 12.6. The van der Waals surface area contributed by atoms with E-state index >= 15 is 17.6 Å². The van der Waals surface area contributed by atoms with Crippen LogP contribution in [0.2, 0.25) is 0 Å². The van der Waals surface area contributed by atoms with Gasteiger partial charge in [0.2, 0.25) is 0 Å². The molecule has 8 aromatic rings. The molecule has 4 fully saturated rings. The van der Waals surface area contributed by atoms with Crippen molar-refractivity contribution in [2.75, 3.05) is 54.8 Å². The van der Waals surface area contributed by atoms with Gasteiger partial charge in [-0.2, -0.15) is 0 Å². The van der Waals surface area contributed by atoms with Crippen molar-refractivity contribution in [1.82, 2.24) is 38.2 Å². The normalized spacial score (nSPS) is 33.8. The monoisotopic (exact) mass is 1970 g/mol. The van der Waals surface area contributed by atoms with E-state index in [1.54, 1.807) is 67.6 Å². The van der Waals surface area contributed by atoms with E-state index in [1.807, 2.05) is 0 Å². The van der Waals surface area contributed by atoms with Crippen LogP contribution in [-0.4, -0.2) is 206 Å². The predicted molar refractivity (Wildman–Crippen MR) is 434 cm³/mol. The van der Waals surface area contributed by atoms with Crippen molar-refractivity contribution in [3.05, 3.63) is 203 Å². The molecule has 4 aromatic carbocycles. The van der Waals surface area contributed by atoms with Crippen LogP contribution >= 0.6 is 80.2 Å². The van der Waals surface area contributed by atoms with Crippen molar-refractivity contribution in [3.8, 4) is 46.0 Å². The first-order chi connectivity index (χ1) is 62.5. The lowest BCUT2D eigenvalue weighted by atomic mass is 10.1. The quantitative estimate of drug-likeness (QED) is 0.0200. The maximum atomic E-state index is 15.9. The Balaban J connectivity index is 0.000000152. The van der Waals surface area contributed by atoms with Gasteiger partial charge in [0.05, 0.1) is 63.1 Å². The van der Waals surface area contributed by atoms with Crippen molar-refractivity contribution in [1.29, 1.82) is 0 Å². The molecule has 16 rings (SSSR count). The number of hydrogen-bond donors (Lipinski definition) is 12. The van der Waals surface area contributed by atoms with E-state index in [0.29, 0.717) is 52.6 Å². The minimum atomic E-state index is -4.90. The molecule has 56 heteroatoms. The molecule has 44 nitrogen and oxygen atoms in total. The van der Waals surface area contributed by atoms with Crippen molar-refractivity contribution >= 4 is 80.2 Å². The molecule has 128 heavy (non-hydrogen) atoms. The smallest absolute Gasteiger partial charge is 0.493 e. The first-order valence-electron chi connectivity index (χ1n) is 39.9. The predicted octanol–water partition coefficient (Wildman–Crippen LogP) is 7.49. The van der Waals surface area contributed by atoms with Gasteiger partial charge in [-0.1, -0.05) is 97.4 Å². The lowest BCUT2D eigenvalue weighted by molar-refractivity contribution is -0.205. The van der Waals surface area contributed by atoms with E-state index in [-0.39, 0.29) is 96.5 Å². The zero-order chi connectivity index (χ0) is 98.5. The van der Waals surface area contributed by atoms with Crippen molar-refractivity contribution in [3.63, 3.8) is 0 Å². The second-order valence-electron chi connectivity index (χ2n) is 28.2. The molecule has 12 heterocycles. The number of para-hydroxylation sites is 4. The van der Waals surface area contributed by atoms with E-state index in [0.717, 1.165) is 23.2 Å². The van der Waals surface area contributed by atoms with Gasteiger partial charge in [-0.15, -0.1) is 0 Å². The van der Waals surface area contributed by atoms with Gasteiger partial charge in [-0.05, 0) is 52.0 Å². The molecule has 4 aromatic heterocycles. The average Bonchev–Trinajstić information content (AvgIpc) is 1.55. The zero-order valence-electron chi connectivity index (χ0n) is 73.0. The Morgan fingerprint density at radius 2 is 0.641 bits per heavy atom. The summed E-state index contributed by atoms with van der Waals surface area (Å²) in [5, 5.41) is 82.8. The molecule has 0 radical (unpaired) electrons. The molecular formula is C72H80F4N8O36P4S4. The van der Waals surface area contributed by atoms with E-state index < -0.39 is 177 Å². The minimum absolute atomic E-state index is 0.00605. The number of alkyl halides is 4. The highest BCUT2D eigenvalue weighted by atomic mass is 32.1. The number of rotatable bonds is 20. The number of methoxy groups -OCH3 is 4. The van der Waals surface area contributed by atoms with Crippen LogP contribution in [0.4, 0.5) is 17.6 Å². The highest BCUT2D eigenvalue weighted by Gasteiger charge is 2.62. The first-order valence-corrected chi connectivity index (χ1v) is 44.3. The molecule has 4 saturated heterocycles. The van der Waals surface area contributed by atoms with Gasteiger partial charge in [0.15, 0.2) is 70.9 Å². The number of aryl methyl sites for hydroxylation is 4. The zero-order valence-corrected chi connectivity index (χ0v) is 73.8. The number of hydrogen-bond acceptors (Lipinski definition) is 40. The number of phosphoric acid groups is 4. The van der Waals surface area contributed by atoms with Gasteiger partial charge < -0.3 is 96.8 Å². The van der Waals surface area contributed by atoms with Crippen molar-refractivity contribution in [2.24, 2.45) is 0 Å². The fourth-order valence-corrected chi connectivity index (χ4v) is 17.9. The Labute approximate surface area is 746 Å². The maximum absolute atomic E-state index is 15.9. The van der Waals surface area contributed by atoms with Crippen LogP contribution < -0.4 is 59.8 Å². The van der Waals surface area contributed by atoms with Crippen LogP contribution in [-0.2, 0) is 99.8 Å². The molecular weight excluding hydrogens is 1880 g/mol. The summed E-state index contributed by atoms with van der Waals surface area (Å²) in [4.78, 5) is 58.2. The summed E-state index contributed by atoms with van der Waals surface area (Å²) in [5.41, 5.74) is -0.566. The molecule has 0 spiro atoms. The Bertz CT molecular complexity index is 6590. The largest absolute Gasteiger partial charge is 0.530 e. The summed E-state index contributed by atoms with van der Waals surface area (Å²) in [6.07, 6.45) is -23.5. The number of aromatic amines is 4. The molecule has 0 bridgehead atoms. The van der Waals surface area contributed by atoms with E-state index in [4.69, 9.17) is 149 Å². The van der Waals surface area contributed by atoms with Crippen LogP contribution in [0, 0.1) is 46.3 Å². The molecule has 8 aliphatic heterocycles.